The summed E-state index contributed by atoms with van der Waals surface area (Å²) in [4.78, 5) is 13.9. The number of hydrogen-bond acceptors (Lipinski definition) is 0. The molecule has 0 unspecified atom stereocenters. The lowest BCUT2D eigenvalue weighted by Crippen LogP contribution is -2.10. The van der Waals surface area contributed by atoms with Crippen molar-refractivity contribution in [3.63, 3.8) is 0 Å². The monoisotopic (exact) mass is 340 g/mol. The van der Waals surface area contributed by atoms with Crippen molar-refractivity contribution in [3.8, 4) is 0 Å². The number of nitrogens with one attached hydrogen (secondary N) is 4. The molecule has 4 aromatic heterocycles. The first-order valence-electron chi connectivity index (χ1n) is 8.79. The summed E-state index contributed by atoms with van der Waals surface area (Å²) in [5, 5.41) is 4.32. The Kier molecular flexibility index (Phi) is 3.19. The molecule has 4 N–H and O–H groups in total. The molecule has 0 radical (unpaired) electrons. The van der Waals surface area contributed by atoms with Gasteiger partial charge in [0.25, 0.3) is 0 Å². The lowest BCUT2D eigenvalue weighted by molar-refractivity contribution is 1.22. The molecule has 0 spiro atoms. The van der Waals surface area contributed by atoms with Crippen LogP contribution in [0.2, 0.25) is 0 Å². The summed E-state index contributed by atoms with van der Waals surface area (Å²) in [7, 11) is 0. The van der Waals surface area contributed by atoms with Crippen LogP contribution in [0.4, 0.5) is 0 Å². The second kappa shape index (κ2) is 5.56. The van der Waals surface area contributed by atoms with Crippen molar-refractivity contribution in [1.82, 2.24) is 19.9 Å². The molecule has 5 rings (SSSR count). The molecule has 8 bridgehead atoms. The molecule has 0 amide bonds. The largest absolute Gasteiger partial charge is 0.355 e. The summed E-state index contributed by atoms with van der Waals surface area (Å²) in [6, 6.07) is 12.8. The minimum absolute atomic E-state index is 1.08. The van der Waals surface area contributed by atoms with Crippen LogP contribution in [0.5, 0.6) is 0 Å². The third-order valence-corrected chi connectivity index (χ3v) is 4.84. The SMILES string of the molecule is Cc1cc2[nH]c1C=c1ccc([nH]1)=Cc1[nH]c(cc1C)C=c1ccc([nH]1)=C2. The molecule has 128 valence electrons. The molecule has 0 aromatic carbocycles. The van der Waals surface area contributed by atoms with E-state index in [2.05, 4.69) is 94.5 Å². The molecule has 26 heavy (non-hydrogen) atoms. The zero-order valence-electron chi connectivity index (χ0n) is 14.8. The van der Waals surface area contributed by atoms with E-state index in [4.69, 9.17) is 0 Å². The maximum atomic E-state index is 3.49. The molecule has 4 aromatic rings. The molecular formula is C22H20N4. The van der Waals surface area contributed by atoms with Gasteiger partial charge in [-0.15, -0.1) is 0 Å². The van der Waals surface area contributed by atoms with Crippen LogP contribution < -0.4 is 21.4 Å². The van der Waals surface area contributed by atoms with Gasteiger partial charge in [0.05, 0.1) is 0 Å². The molecular weight excluding hydrogens is 320 g/mol. The van der Waals surface area contributed by atoms with E-state index in [0.29, 0.717) is 0 Å². The standard InChI is InChI=1S/C22H20N4/c1-13-7-19-9-15-3-4-16(23-15)10-20-8-14(2)22(26-20)12-18-6-5-17(24-18)11-21(13)25-19/h3-12,23-26H,1-2H3. The normalized spacial score (nSPS) is 12.7. The van der Waals surface area contributed by atoms with E-state index in [1.165, 1.54) is 11.1 Å². The Labute approximate surface area is 150 Å². The minimum Gasteiger partial charge on any atom is -0.355 e. The third-order valence-electron chi connectivity index (χ3n) is 4.84. The summed E-state index contributed by atoms with van der Waals surface area (Å²) < 4.78 is 0. The van der Waals surface area contributed by atoms with Crippen LogP contribution in [0, 0.1) is 13.8 Å². The molecule has 0 aliphatic carbocycles. The molecule has 1 aliphatic heterocycles. The Balaban J connectivity index is 1.82. The van der Waals surface area contributed by atoms with E-state index in [9.17, 15) is 0 Å². The summed E-state index contributed by atoms with van der Waals surface area (Å²) in [5.74, 6) is 0. The summed E-state index contributed by atoms with van der Waals surface area (Å²) in [6.07, 6.45) is 8.56. The van der Waals surface area contributed by atoms with Gasteiger partial charge in [-0.1, -0.05) is 0 Å². The maximum absolute atomic E-state index is 3.49. The van der Waals surface area contributed by atoms with Crippen molar-refractivity contribution in [2.75, 3.05) is 0 Å². The van der Waals surface area contributed by atoms with Crippen molar-refractivity contribution < 1.29 is 0 Å². The summed E-state index contributed by atoms with van der Waals surface area (Å²) in [5.41, 5.74) is 6.87. The number of hydrogen-bond donors (Lipinski definition) is 4. The van der Waals surface area contributed by atoms with Crippen molar-refractivity contribution in [2.24, 2.45) is 0 Å². The van der Waals surface area contributed by atoms with Gasteiger partial charge in [-0.25, -0.2) is 0 Å². The van der Waals surface area contributed by atoms with Crippen LogP contribution >= 0.6 is 0 Å². The average molecular weight is 340 g/mol. The molecule has 1 aliphatic rings. The van der Waals surface area contributed by atoms with E-state index in [0.717, 1.165) is 44.2 Å². The topological polar surface area (TPSA) is 63.2 Å². The Morgan fingerprint density at radius 3 is 1.31 bits per heavy atom. The van der Waals surface area contributed by atoms with Gasteiger partial charge < -0.3 is 19.9 Å². The van der Waals surface area contributed by atoms with Crippen LogP contribution in [-0.4, -0.2) is 19.9 Å². The number of rotatable bonds is 0. The van der Waals surface area contributed by atoms with E-state index in [1.54, 1.807) is 0 Å². The van der Waals surface area contributed by atoms with Gasteiger partial charge in [0.2, 0.25) is 0 Å². The van der Waals surface area contributed by atoms with Gasteiger partial charge in [0, 0.05) is 44.2 Å². The van der Waals surface area contributed by atoms with E-state index in [1.807, 2.05) is 0 Å². The maximum Gasteiger partial charge on any atom is 0.0435 e. The van der Waals surface area contributed by atoms with Crippen molar-refractivity contribution >= 4 is 24.3 Å². The highest BCUT2D eigenvalue weighted by molar-refractivity contribution is 5.58. The predicted octanol–water partition coefficient (Wildman–Crippen LogP) is 1.24. The van der Waals surface area contributed by atoms with Crippen LogP contribution in [0.25, 0.3) is 24.3 Å². The van der Waals surface area contributed by atoms with Gasteiger partial charge >= 0.3 is 0 Å². The van der Waals surface area contributed by atoms with Crippen LogP contribution in [0.15, 0.2) is 36.4 Å². The molecule has 0 saturated carbocycles. The summed E-state index contributed by atoms with van der Waals surface area (Å²) in [6.45, 7) is 4.25. The first-order valence-corrected chi connectivity index (χ1v) is 8.79. The van der Waals surface area contributed by atoms with Gasteiger partial charge in [0.1, 0.15) is 0 Å². The van der Waals surface area contributed by atoms with Crippen LogP contribution in [0.3, 0.4) is 0 Å². The number of fused-ring (bicyclic) bond motifs is 8. The lowest BCUT2D eigenvalue weighted by Gasteiger charge is -1.90. The molecule has 4 heteroatoms. The minimum atomic E-state index is 1.08. The fourth-order valence-corrected chi connectivity index (χ4v) is 3.50. The van der Waals surface area contributed by atoms with E-state index >= 15 is 0 Å². The smallest absolute Gasteiger partial charge is 0.0435 e. The fourth-order valence-electron chi connectivity index (χ4n) is 3.50. The number of aromatic amines is 4. The zero-order chi connectivity index (χ0) is 17.7. The molecule has 4 nitrogen and oxygen atoms in total. The van der Waals surface area contributed by atoms with Crippen molar-refractivity contribution in [1.29, 1.82) is 0 Å². The number of aromatic nitrogens is 4. The van der Waals surface area contributed by atoms with Crippen molar-refractivity contribution in [2.45, 2.75) is 13.8 Å². The molecule has 0 fully saturated rings. The first kappa shape index (κ1) is 14.9. The highest BCUT2D eigenvalue weighted by Gasteiger charge is 2.03. The third kappa shape index (κ3) is 2.65. The Bertz CT molecular complexity index is 1250. The first-order chi connectivity index (χ1) is 12.6. The highest BCUT2D eigenvalue weighted by atomic mass is 14.8. The predicted molar refractivity (Wildman–Crippen MR) is 105 cm³/mol. The Hall–Kier alpha value is -3.40. The number of H-pyrrole nitrogens is 4. The highest BCUT2D eigenvalue weighted by Crippen LogP contribution is 2.12. The average Bonchev–Trinajstić information content (AvgIpc) is 3.34. The van der Waals surface area contributed by atoms with Gasteiger partial charge in [0.15, 0.2) is 0 Å². The zero-order valence-corrected chi connectivity index (χ0v) is 14.8. The Morgan fingerprint density at radius 1 is 0.500 bits per heavy atom. The quantitative estimate of drug-likeness (QED) is 0.328. The molecule has 0 saturated heterocycles. The van der Waals surface area contributed by atoms with Crippen LogP contribution in [-0.2, 0) is 0 Å². The van der Waals surface area contributed by atoms with E-state index in [-0.39, 0.29) is 0 Å². The summed E-state index contributed by atoms with van der Waals surface area (Å²) >= 11 is 0. The second-order valence-electron chi connectivity index (χ2n) is 6.96. The lowest BCUT2D eigenvalue weighted by atomic mass is 10.2. The molecule has 0 atom stereocenters. The molecule has 5 heterocycles. The van der Waals surface area contributed by atoms with Crippen molar-refractivity contribution in [3.05, 3.63) is 91.7 Å². The van der Waals surface area contributed by atoms with E-state index < -0.39 is 0 Å². The van der Waals surface area contributed by atoms with Crippen LogP contribution in [0.1, 0.15) is 33.9 Å². The second-order valence-corrected chi connectivity index (χ2v) is 6.96. The fraction of sp³-hybridized carbons (Fsp3) is 0.0909. The Morgan fingerprint density at radius 2 is 0.885 bits per heavy atom. The van der Waals surface area contributed by atoms with Gasteiger partial charge in [-0.3, -0.25) is 0 Å². The van der Waals surface area contributed by atoms with Gasteiger partial charge in [-0.05, 0) is 85.7 Å². The number of aryl methyl sites for hydroxylation is 2. The van der Waals surface area contributed by atoms with Gasteiger partial charge in [-0.2, -0.15) is 0 Å².